The summed E-state index contributed by atoms with van der Waals surface area (Å²) in [5.41, 5.74) is 5.23. The number of hydrazone groups is 1. The number of amides is 1. The maximum absolute atomic E-state index is 12.1. The van der Waals surface area contributed by atoms with Crippen molar-refractivity contribution in [2.75, 3.05) is 13.7 Å². The first-order valence-corrected chi connectivity index (χ1v) is 9.12. The van der Waals surface area contributed by atoms with Crippen molar-refractivity contribution in [3.8, 4) is 11.5 Å². The molecule has 0 aliphatic heterocycles. The van der Waals surface area contributed by atoms with Gasteiger partial charge in [-0.1, -0.05) is 26.0 Å². The van der Waals surface area contributed by atoms with Crippen LogP contribution < -0.4 is 14.9 Å². The number of aryl methyl sites for hydroxylation is 1. The van der Waals surface area contributed by atoms with E-state index in [0.717, 1.165) is 11.1 Å². The van der Waals surface area contributed by atoms with Crippen LogP contribution in [-0.2, 0) is 4.79 Å². The minimum atomic E-state index is -0.532. The number of methoxy groups -OCH3 is 1. The maximum Gasteiger partial charge on any atom is 0.311 e. The molecule has 2 aromatic carbocycles. The molecule has 2 rings (SSSR count). The molecule has 0 aromatic heterocycles. The molecule has 29 heavy (non-hydrogen) atoms. The number of hydrogen-bond donors (Lipinski definition) is 1. The molecule has 0 saturated heterocycles. The number of nitro benzene ring substituents is 1. The van der Waals surface area contributed by atoms with Crippen LogP contribution in [0.3, 0.4) is 0 Å². The van der Waals surface area contributed by atoms with Crippen molar-refractivity contribution in [3.05, 3.63) is 63.2 Å². The Morgan fingerprint density at radius 2 is 1.93 bits per heavy atom. The van der Waals surface area contributed by atoms with Crippen molar-refractivity contribution < 1.29 is 19.2 Å². The number of carbonyl (C=O) groups is 1. The first-order valence-electron chi connectivity index (χ1n) is 9.12. The highest BCUT2D eigenvalue weighted by atomic mass is 16.6. The second-order valence-corrected chi connectivity index (χ2v) is 6.86. The third-order valence-electron chi connectivity index (χ3n) is 4.29. The van der Waals surface area contributed by atoms with Gasteiger partial charge in [-0.25, -0.2) is 5.43 Å². The summed E-state index contributed by atoms with van der Waals surface area (Å²) in [7, 11) is 1.36. The summed E-state index contributed by atoms with van der Waals surface area (Å²) >= 11 is 0. The first kappa shape index (κ1) is 21.9. The molecule has 154 valence electrons. The Hall–Kier alpha value is -3.42. The van der Waals surface area contributed by atoms with Crippen LogP contribution in [0.1, 0.15) is 43.4 Å². The first-order chi connectivity index (χ1) is 13.7. The van der Waals surface area contributed by atoms with Gasteiger partial charge in [0.25, 0.3) is 5.91 Å². The van der Waals surface area contributed by atoms with Gasteiger partial charge in [-0.05, 0) is 49.1 Å². The highest BCUT2D eigenvalue weighted by Gasteiger charge is 2.16. The van der Waals surface area contributed by atoms with Crippen molar-refractivity contribution in [1.29, 1.82) is 0 Å². The Bertz CT molecular complexity index is 938. The number of nitro groups is 1. The van der Waals surface area contributed by atoms with Gasteiger partial charge in [-0.3, -0.25) is 14.9 Å². The lowest BCUT2D eigenvalue weighted by Crippen LogP contribution is -2.26. The van der Waals surface area contributed by atoms with Crippen LogP contribution in [0.15, 0.2) is 41.5 Å². The second-order valence-electron chi connectivity index (χ2n) is 6.86. The van der Waals surface area contributed by atoms with E-state index in [9.17, 15) is 14.9 Å². The van der Waals surface area contributed by atoms with Gasteiger partial charge in [-0.2, -0.15) is 5.10 Å². The summed E-state index contributed by atoms with van der Waals surface area (Å²) in [5.74, 6) is 0.660. The fourth-order valence-electron chi connectivity index (χ4n) is 2.69. The molecular formula is C21H25N3O5. The lowest BCUT2D eigenvalue weighted by atomic mass is 10.0. The van der Waals surface area contributed by atoms with Crippen LogP contribution in [-0.4, -0.2) is 30.3 Å². The number of rotatable bonds is 8. The van der Waals surface area contributed by atoms with Gasteiger partial charge in [0.2, 0.25) is 0 Å². The summed E-state index contributed by atoms with van der Waals surface area (Å²) in [6.07, 6.45) is 0. The number of nitrogens with zero attached hydrogens (tertiary/aromatic N) is 2. The summed E-state index contributed by atoms with van der Waals surface area (Å²) in [6, 6.07) is 10.4. The van der Waals surface area contributed by atoms with Crippen LogP contribution in [0.25, 0.3) is 0 Å². The van der Waals surface area contributed by atoms with E-state index in [4.69, 9.17) is 9.47 Å². The van der Waals surface area contributed by atoms with E-state index >= 15 is 0 Å². The van der Waals surface area contributed by atoms with E-state index in [1.54, 1.807) is 13.0 Å². The molecule has 0 aliphatic rings. The Morgan fingerprint density at radius 3 is 2.55 bits per heavy atom. The number of hydrogen-bond acceptors (Lipinski definition) is 6. The summed E-state index contributed by atoms with van der Waals surface area (Å²) < 4.78 is 10.7. The van der Waals surface area contributed by atoms with Gasteiger partial charge >= 0.3 is 5.69 Å². The normalized spacial score (nSPS) is 11.3. The topological polar surface area (TPSA) is 103 Å². The quantitative estimate of drug-likeness (QED) is 0.411. The molecule has 1 N–H and O–H groups in total. The van der Waals surface area contributed by atoms with Crippen molar-refractivity contribution in [1.82, 2.24) is 5.43 Å². The smallest absolute Gasteiger partial charge is 0.311 e. The average molecular weight is 399 g/mol. The molecule has 1 amide bonds. The van der Waals surface area contributed by atoms with Crippen molar-refractivity contribution in [3.63, 3.8) is 0 Å². The highest BCUT2D eigenvalue weighted by Crippen LogP contribution is 2.28. The van der Waals surface area contributed by atoms with E-state index < -0.39 is 10.8 Å². The predicted octanol–water partition coefficient (Wildman–Crippen LogP) is 3.95. The number of carbonyl (C=O) groups excluding carboxylic acids is 1. The fraction of sp³-hybridized carbons (Fsp3) is 0.333. The zero-order valence-electron chi connectivity index (χ0n) is 17.2. The number of ether oxygens (including phenoxy) is 2. The van der Waals surface area contributed by atoms with Gasteiger partial charge in [-0.15, -0.1) is 0 Å². The van der Waals surface area contributed by atoms with Crippen molar-refractivity contribution in [2.24, 2.45) is 5.10 Å². The zero-order valence-corrected chi connectivity index (χ0v) is 17.2. The summed E-state index contributed by atoms with van der Waals surface area (Å²) in [4.78, 5) is 22.7. The molecule has 0 radical (unpaired) electrons. The van der Waals surface area contributed by atoms with E-state index in [0.29, 0.717) is 17.0 Å². The largest absolute Gasteiger partial charge is 0.490 e. The van der Waals surface area contributed by atoms with E-state index in [1.807, 2.05) is 25.1 Å². The van der Waals surface area contributed by atoms with Crippen LogP contribution in [0.2, 0.25) is 0 Å². The van der Waals surface area contributed by atoms with E-state index in [1.165, 1.54) is 19.2 Å². The maximum atomic E-state index is 12.1. The Morgan fingerprint density at radius 1 is 1.21 bits per heavy atom. The monoisotopic (exact) mass is 399 g/mol. The fourth-order valence-corrected chi connectivity index (χ4v) is 2.69. The van der Waals surface area contributed by atoms with Crippen LogP contribution in [0, 0.1) is 17.0 Å². The predicted molar refractivity (Wildman–Crippen MR) is 111 cm³/mol. The minimum Gasteiger partial charge on any atom is -0.490 e. The molecule has 8 heteroatoms. The zero-order chi connectivity index (χ0) is 21.6. The molecule has 0 bridgehead atoms. The van der Waals surface area contributed by atoms with Gasteiger partial charge in [0, 0.05) is 11.6 Å². The molecule has 0 heterocycles. The highest BCUT2D eigenvalue weighted by molar-refractivity contribution is 6.00. The van der Waals surface area contributed by atoms with Gasteiger partial charge in [0.05, 0.1) is 17.7 Å². The van der Waals surface area contributed by atoms with E-state index in [2.05, 4.69) is 24.4 Å². The molecule has 2 aromatic rings. The van der Waals surface area contributed by atoms with E-state index in [-0.39, 0.29) is 24.0 Å². The third kappa shape index (κ3) is 5.78. The Kier molecular flexibility index (Phi) is 7.30. The summed E-state index contributed by atoms with van der Waals surface area (Å²) in [6.45, 7) is 7.52. The molecule has 0 aliphatic carbocycles. The Balaban J connectivity index is 2.05. The molecular weight excluding hydrogens is 374 g/mol. The van der Waals surface area contributed by atoms with Crippen molar-refractivity contribution >= 4 is 17.3 Å². The van der Waals surface area contributed by atoms with Crippen LogP contribution in [0.5, 0.6) is 11.5 Å². The molecule has 0 unspecified atom stereocenters. The lowest BCUT2D eigenvalue weighted by Gasteiger charge is -2.14. The van der Waals surface area contributed by atoms with Gasteiger partial charge < -0.3 is 9.47 Å². The molecule has 0 atom stereocenters. The SMILES string of the molecule is COc1ccc(/C(C)=N/NC(=O)COc2cc(C)ccc2C(C)C)cc1[N+](=O)[O-]. The number of benzene rings is 2. The summed E-state index contributed by atoms with van der Waals surface area (Å²) in [5, 5.41) is 15.2. The molecule has 0 saturated carbocycles. The minimum absolute atomic E-state index is 0.156. The second kappa shape index (κ2) is 9.68. The molecule has 0 fully saturated rings. The van der Waals surface area contributed by atoms with Crippen LogP contribution >= 0.6 is 0 Å². The molecule has 8 nitrogen and oxygen atoms in total. The lowest BCUT2D eigenvalue weighted by molar-refractivity contribution is -0.385. The van der Waals surface area contributed by atoms with Gasteiger partial charge in [0.1, 0.15) is 5.75 Å². The number of nitrogens with one attached hydrogen (secondary N) is 1. The van der Waals surface area contributed by atoms with Crippen molar-refractivity contribution in [2.45, 2.75) is 33.6 Å². The average Bonchev–Trinajstić information content (AvgIpc) is 2.69. The molecule has 0 spiro atoms. The Labute approximate surface area is 169 Å². The van der Waals surface area contributed by atoms with Crippen LogP contribution in [0.4, 0.5) is 5.69 Å². The van der Waals surface area contributed by atoms with Gasteiger partial charge in [0.15, 0.2) is 12.4 Å². The third-order valence-corrected chi connectivity index (χ3v) is 4.29. The standard InChI is InChI=1S/C21H25N3O5/c1-13(2)17-8-6-14(3)10-20(17)29-12-21(25)23-22-15(4)16-7-9-19(28-5)18(11-16)24(26)27/h6-11,13H,12H2,1-5H3,(H,23,25)/b22-15+.